The van der Waals surface area contributed by atoms with Gasteiger partial charge in [0.05, 0.1) is 23.3 Å². The maximum Gasteiger partial charge on any atom is 0.0991 e. The van der Waals surface area contributed by atoms with Gasteiger partial charge < -0.3 is 4.90 Å². The first-order valence-corrected chi connectivity index (χ1v) is 9.00. The van der Waals surface area contributed by atoms with Crippen LogP contribution in [0.15, 0.2) is 48.5 Å². The fraction of sp³-hybridized carbons (Fsp3) is 0.364. The molecule has 1 saturated heterocycles. The predicted molar refractivity (Wildman–Crippen MR) is 98.9 cm³/mol. The van der Waals surface area contributed by atoms with Crippen LogP contribution < -0.4 is 0 Å². The van der Waals surface area contributed by atoms with E-state index in [-0.39, 0.29) is 0 Å². The van der Waals surface area contributed by atoms with Crippen molar-refractivity contribution in [3.63, 3.8) is 0 Å². The van der Waals surface area contributed by atoms with Crippen LogP contribution in [0, 0.1) is 22.7 Å². The summed E-state index contributed by atoms with van der Waals surface area (Å²) in [4.78, 5) is 2.61. The minimum Gasteiger partial charge on any atom is -0.300 e. The third-order valence-corrected chi connectivity index (χ3v) is 5.12. The number of aryl methyl sites for hydroxylation is 1. The summed E-state index contributed by atoms with van der Waals surface area (Å²) >= 11 is 0. The average Bonchev–Trinajstić information content (AvgIpc) is 3.13. The summed E-state index contributed by atoms with van der Waals surface area (Å²) in [5, 5.41) is 17.7. The molecule has 2 aromatic rings. The molecule has 0 spiro atoms. The Morgan fingerprint density at radius 1 is 0.840 bits per heavy atom. The number of likely N-dealkylation sites (tertiary alicyclic amines) is 1. The van der Waals surface area contributed by atoms with Gasteiger partial charge in [-0.1, -0.05) is 24.3 Å². The largest absolute Gasteiger partial charge is 0.300 e. The van der Waals surface area contributed by atoms with E-state index in [4.69, 9.17) is 10.5 Å². The summed E-state index contributed by atoms with van der Waals surface area (Å²) in [5.41, 5.74) is 4.08. The Hall–Kier alpha value is -2.62. The standard InChI is InChI=1S/C22H23N3/c23-16-20-7-3-18(4-8-20)11-12-22-2-1-14-25(22)15-13-19-5-9-21(17-24)10-6-19/h3-10,22H,1-2,11-15H2. The molecule has 0 amide bonds. The fourth-order valence-corrected chi connectivity index (χ4v) is 3.61. The van der Waals surface area contributed by atoms with Crippen LogP contribution in [0.4, 0.5) is 0 Å². The molecular formula is C22H23N3. The van der Waals surface area contributed by atoms with E-state index < -0.39 is 0 Å². The van der Waals surface area contributed by atoms with E-state index in [1.807, 2.05) is 24.3 Å². The van der Waals surface area contributed by atoms with E-state index in [9.17, 15) is 0 Å². The highest BCUT2D eigenvalue weighted by atomic mass is 15.2. The number of hydrogen-bond acceptors (Lipinski definition) is 3. The van der Waals surface area contributed by atoms with E-state index in [0.29, 0.717) is 6.04 Å². The quantitative estimate of drug-likeness (QED) is 0.802. The third-order valence-electron chi connectivity index (χ3n) is 5.12. The van der Waals surface area contributed by atoms with Gasteiger partial charge in [-0.05, 0) is 74.0 Å². The highest BCUT2D eigenvalue weighted by Crippen LogP contribution is 2.22. The normalized spacial score (nSPS) is 17.1. The van der Waals surface area contributed by atoms with Crippen molar-refractivity contribution < 1.29 is 0 Å². The Balaban J connectivity index is 1.49. The number of benzene rings is 2. The van der Waals surface area contributed by atoms with Crippen molar-refractivity contribution in [1.82, 2.24) is 4.90 Å². The molecule has 126 valence electrons. The smallest absolute Gasteiger partial charge is 0.0991 e. The lowest BCUT2D eigenvalue weighted by molar-refractivity contribution is 0.246. The Kier molecular flexibility index (Phi) is 5.83. The lowest BCUT2D eigenvalue weighted by Gasteiger charge is -2.24. The SMILES string of the molecule is N#Cc1ccc(CCC2CCCN2CCc2ccc(C#N)cc2)cc1. The van der Waals surface area contributed by atoms with Crippen LogP contribution in [0.25, 0.3) is 0 Å². The average molecular weight is 329 g/mol. The van der Waals surface area contributed by atoms with Crippen molar-refractivity contribution in [1.29, 1.82) is 10.5 Å². The van der Waals surface area contributed by atoms with Gasteiger partial charge in [0.2, 0.25) is 0 Å². The van der Waals surface area contributed by atoms with Crippen LogP contribution in [0.5, 0.6) is 0 Å². The molecule has 1 atom stereocenters. The van der Waals surface area contributed by atoms with E-state index in [1.54, 1.807) is 0 Å². The lowest BCUT2D eigenvalue weighted by Crippen LogP contribution is -2.31. The second-order valence-corrected chi connectivity index (χ2v) is 6.74. The van der Waals surface area contributed by atoms with Crippen molar-refractivity contribution in [2.75, 3.05) is 13.1 Å². The summed E-state index contributed by atoms with van der Waals surface area (Å²) in [6.07, 6.45) is 5.86. The Morgan fingerprint density at radius 2 is 1.40 bits per heavy atom. The third kappa shape index (κ3) is 4.69. The van der Waals surface area contributed by atoms with Gasteiger partial charge in [-0.2, -0.15) is 10.5 Å². The lowest BCUT2D eigenvalue weighted by atomic mass is 10.0. The van der Waals surface area contributed by atoms with E-state index in [1.165, 1.54) is 36.9 Å². The van der Waals surface area contributed by atoms with Crippen molar-refractivity contribution in [3.05, 3.63) is 70.8 Å². The highest BCUT2D eigenvalue weighted by Gasteiger charge is 2.23. The Bertz CT molecular complexity index is 695. The summed E-state index contributed by atoms with van der Waals surface area (Å²) in [7, 11) is 0. The van der Waals surface area contributed by atoms with Gasteiger partial charge in [-0.3, -0.25) is 0 Å². The molecule has 3 rings (SSSR count). The van der Waals surface area contributed by atoms with Crippen molar-refractivity contribution in [2.45, 2.75) is 38.1 Å². The molecule has 3 nitrogen and oxygen atoms in total. The highest BCUT2D eigenvalue weighted by molar-refractivity contribution is 5.32. The monoisotopic (exact) mass is 329 g/mol. The fourth-order valence-electron chi connectivity index (χ4n) is 3.61. The Morgan fingerprint density at radius 3 is 1.96 bits per heavy atom. The summed E-state index contributed by atoms with van der Waals surface area (Å²) in [6, 6.07) is 20.9. The molecule has 3 heteroatoms. The first-order chi connectivity index (χ1) is 12.3. The molecule has 1 fully saturated rings. The second-order valence-electron chi connectivity index (χ2n) is 6.74. The number of rotatable bonds is 6. The van der Waals surface area contributed by atoms with Crippen LogP contribution in [-0.4, -0.2) is 24.0 Å². The molecule has 0 N–H and O–H groups in total. The number of nitrogens with zero attached hydrogens (tertiary/aromatic N) is 3. The summed E-state index contributed by atoms with van der Waals surface area (Å²) < 4.78 is 0. The molecule has 1 aliphatic rings. The van der Waals surface area contributed by atoms with Gasteiger partial charge in [-0.15, -0.1) is 0 Å². The van der Waals surface area contributed by atoms with Crippen LogP contribution in [0.1, 0.15) is 41.5 Å². The predicted octanol–water partition coefficient (Wildman–Crippen LogP) is 4.07. The second kappa shape index (κ2) is 8.47. The number of hydrogen-bond donors (Lipinski definition) is 0. The van der Waals surface area contributed by atoms with Gasteiger partial charge in [0.25, 0.3) is 0 Å². The summed E-state index contributed by atoms with van der Waals surface area (Å²) in [6.45, 7) is 2.28. The van der Waals surface area contributed by atoms with Crippen LogP contribution in [0.3, 0.4) is 0 Å². The molecule has 0 radical (unpaired) electrons. The minimum atomic E-state index is 0.661. The zero-order valence-corrected chi connectivity index (χ0v) is 14.5. The maximum absolute atomic E-state index is 8.88. The van der Waals surface area contributed by atoms with Crippen molar-refractivity contribution >= 4 is 0 Å². The zero-order valence-electron chi connectivity index (χ0n) is 14.5. The molecule has 1 heterocycles. The van der Waals surface area contributed by atoms with E-state index in [2.05, 4.69) is 41.3 Å². The minimum absolute atomic E-state index is 0.661. The van der Waals surface area contributed by atoms with Crippen LogP contribution >= 0.6 is 0 Å². The molecule has 0 aliphatic carbocycles. The molecule has 1 aliphatic heterocycles. The van der Waals surface area contributed by atoms with E-state index in [0.717, 1.165) is 30.5 Å². The van der Waals surface area contributed by atoms with Gasteiger partial charge in [0, 0.05) is 12.6 Å². The van der Waals surface area contributed by atoms with Crippen LogP contribution in [-0.2, 0) is 12.8 Å². The maximum atomic E-state index is 8.88. The van der Waals surface area contributed by atoms with Gasteiger partial charge in [-0.25, -0.2) is 0 Å². The number of nitriles is 2. The zero-order chi connectivity index (χ0) is 17.5. The topological polar surface area (TPSA) is 50.8 Å². The first-order valence-electron chi connectivity index (χ1n) is 9.00. The Labute approximate surface area is 150 Å². The molecule has 2 aromatic carbocycles. The van der Waals surface area contributed by atoms with Gasteiger partial charge >= 0.3 is 0 Å². The first kappa shape index (κ1) is 17.2. The molecule has 0 saturated carbocycles. The van der Waals surface area contributed by atoms with Crippen molar-refractivity contribution in [3.8, 4) is 12.1 Å². The van der Waals surface area contributed by atoms with Crippen LogP contribution in [0.2, 0.25) is 0 Å². The van der Waals surface area contributed by atoms with E-state index >= 15 is 0 Å². The molecular weight excluding hydrogens is 306 g/mol. The molecule has 0 aromatic heterocycles. The molecule has 25 heavy (non-hydrogen) atoms. The van der Waals surface area contributed by atoms with Crippen molar-refractivity contribution in [2.24, 2.45) is 0 Å². The molecule has 1 unspecified atom stereocenters. The van der Waals surface area contributed by atoms with Gasteiger partial charge in [0.1, 0.15) is 0 Å². The summed E-state index contributed by atoms with van der Waals surface area (Å²) in [5.74, 6) is 0. The van der Waals surface area contributed by atoms with Gasteiger partial charge in [0.15, 0.2) is 0 Å². The molecule has 0 bridgehead atoms.